The molecule has 7 aromatic carbocycles. The van der Waals surface area contributed by atoms with Gasteiger partial charge in [-0.25, -0.2) is 0 Å². The third-order valence-electron chi connectivity index (χ3n) is 8.54. The second-order valence-electron chi connectivity index (χ2n) is 10.7. The third kappa shape index (κ3) is 3.18. The summed E-state index contributed by atoms with van der Waals surface area (Å²) in [4.78, 5) is 0. The lowest BCUT2D eigenvalue weighted by Gasteiger charge is -2.17. The lowest BCUT2D eigenvalue weighted by Crippen LogP contribution is -2.01. The molecule has 0 atom stereocenters. The molecule has 0 saturated heterocycles. The highest BCUT2D eigenvalue weighted by Crippen LogP contribution is 2.42. The number of fused-ring (bicyclic) bond motifs is 9. The highest BCUT2D eigenvalue weighted by atomic mass is 79.9. The first-order valence-electron chi connectivity index (χ1n) is 13.9. The summed E-state index contributed by atoms with van der Waals surface area (Å²) in [5.41, 5.74) is 7.07. The van der Waals surface area contributed by atoms with E-state index in [0.717, 1.165) is 15.8 Å². The number of para-hydroxylation sites is 2. The summed E-state index contributed by atoms with van der Waals surface area (Å²) in [5, 5.41) is 10.0. The van der Waals surface area contributed by atoms with Gasteiger partial charge in [0.05, 0.1) is 37.9 Å². The van der Waals surface area contributed by atoms with Crippen LogP contribution in [0.2, 0.25) is 0 Å². The van der Waals surface area contributed by atoms with Gasteiger partial charge >= 0.3 is 0 Å². The molecule has 2 aromatic heterocycles. The predicted molar refractivity (Wildman–Crippen MR) is 178 cm³/mol. The molecule has 0 N–H and O–H groups in total. The van der Waals surface area contributed by atoms with Gasteiger partial charge in [0.15, 0.2) is 0 Å². The van der Waals surface area contributed by atoms with E-state index < -0.39 is 0 Å². The summed E-state index contributed by atoms with van der Waals surface area (Å²) in [6.07, 6.45) is 0. The molecule has 0 unspecified atom stereocenters. The van der Waals surface area contributed by atoms with Crippen molar-refractivity contribution in [1.29, 1.82) is 0 Å². The monoisotopic (exact) mass is 586 g/mol. The lowest BCUT2D eigenvalue weighted by atomic mass is 10.0. The minimum Gasteiger partial charge on any atom is -0.308 e. The molecular formula is C38H23BrN2. The van der Waals surface area contributed by atoms with Crippen LogP contribution >= 0.6 is 15.9 Å². The Bertz CT molecular complexity index is 2440. The van der Waals surface area contributed by atoms with Crippen molar-refractivity contribution in [2.45, 2.75) is 0 Å². The van der Waals surface area contributed by atoms with Crippen molar-refractivity contribution in [3.8, 4) is 11.4 Å². The van der Waals surface area contributed by atoms with Crippen molar-refractivity contribution in [3.63, 3.8) is 0 Å². The maximum atomic E-state index is 4.14. The molecule has 2 heterocycles. The highest BCUT2D eigenvalue weighted by Gasteiger charge is 2.20. The Morgan fingerprint density at radius 1 is 0.366 bits per heavy atom. The van der Waals surface area contributed by atoms with Gasteiger partial charge in [0, 0.05) is 26.9 Å². The molecule has 9 aromatic rings. The number of benzene rings is 7. The van der Waals surface area contributed by atoms with E-state index in [1.54, 1.807) is 0 Å². The average molecular weight is 588 g/mol. The molecule has 0 aliphatic heterocycles. The van der Waals surface area contributed by atoms with E-state index >= 15 is 0 Å². The van der Waals surface area contributed by atoms with Crippen LogP contribution in [0.1, 0.15) is 0 Å². The number of hydrogen-bond acceptors (Lipinski definition) is 0. The van der Waals surface area contributed by atoms with Gasteiger partial charge in [-0.1, -0.05) is 103 Å². The van der Waals surface area contributed by atoms with Crippen LogP contribution in [-0.2, 0) is 0 Å². The number of rotatable bonds is 2. The molecule has 2 nitrogen and oxygen atoms in total. The van der Waals surface area contributed by atoms with Crippen molar-refractivity contribution in [2.75, 3.05) is 0 Å². The van der Waals surface area contributed by atoms with Crippen LogP contribution in [0.3, 0.4) is 0 Å². The van der Waals surface area contributed by atoms with Crippen molar-refractivity contribution < 1.29 is 0 Å². The molecule has 3 heteroatoms. The molecule has 0 aliphatic carbocycles. The Balaban J connectivity index is 1.45. The molecule has 0 saturated carbocycles. The minimum atomic E-state index is 1.06. The van der Waals surface area contributed by atoms with Crippen LogP contribution in [-0.4, -0.2) is 9.13 Å². The molecule has 0 radical (unpaired) electrons. The summed E-state index contributed by atoms with van der Waals surface area (Å²) >= 11 is 4.14. The molecule has 0 bridgehead atoms. The standard InChI is InChI=1S/C38H23BrN2/c39-37-34(40-32-16-7-5-14-28(32)29-15-6-8-17-33(29)40)18-9-19-35(37)41-36-23-26-12-2-1-11-25(26)22-31(36)30-21-20-24-10-3-4-13-27(24)38(30)41/h1-23H. The van der Waals surface area contributed by atoms with Gasteiger partial charge < -0.3 is 9.13 Å². The fourth-order valence-electron chi connectivity index (χ4n) is 6.75. The minimum absolute atomic E-state index is 1.06. The fourth-order valence-corrected chi connectivity index (χ4v) is 7.37. The van der Waals surface area contributed by atoms with Crippen molar-refractivity contribution in [3.05, 3.63) is 144 Å². The van der Waals surface area contributed by atoms with Gasteiger partial charge in [-0.2, -0.15) is 0 Å². The van der Waals surface area contributed by atoms with E-state index in [9.17, 15) is 0 Å². The maximum absolute atomic E-state index is 4.14. The zero-order valence-electron chi connectivity index (χ0n) is 22.1. The first kappa shape index (κ1) is 22.9. The molecule has 9 rings (SSSR count). The van der Waals surface area contributed by atoms with Gasteiger partial charge in [-0.05, 0) is 68.5 Å². The second kappa shape index (κ2) is 8.57. The molecule has 0 fully saturated rings. The topological polar surface area (TPSA) is 9.86 Å². The first-order chi connectivity index (χ1) is 20.3. The summed E-state index contributed by atoms with van der Waals surface area (Å²) in [6, 6.07) is 50.6. The van der Waals surface area contributed by atoms with Crippen molar-refractivity contribution in [2.24, 2.45) is 0 Å². The van der Waals surface area contributed by atoms with Gasteiger partial charge in [-0.3, -0.25) is 0 Å². The van der Waals surface area contributed by atoms with E-state index in [1.807, 2.05) is 0 Å². The van der Waals surface area contributed by atoms with E-state index in [4.69, 9.17) is 0 Å². The van der Waals surface area contributed by atoms with E-state index in [0.29, 0.717) is 0 Å². The molecule has 0 aliphatic rings. The number of aromatic nitrogens is 2. The van der Waals surface area contributed by atoms with Gasteiger partial charge in [0.1, 0.15) is 0 Å². The Morgan fingerprint density at radius 3 is 1.63 bits per heavy atom. The molecule has 0 spiro atoms. The molecular weight excluding hydrogens is 564 g/mol. The van der Waals surface area contributed by atoms with Crippen LogP contribution in [0.4, 0.5) is 0 Å². The van der Waals surface area contributed by atoms with E-state index in [1.165, 1.54) is 65.2 Å². The Morgan fingerprint density at radius 2 is 0.927 bits per heavy atom. The van der Waals surface area contributed by atoms with E-state index in [2.05, 4.69) is 165 Å². The summed E-state index contributed by atoms with van der Waals surface area (Å²) < 4.78 is 5.91. The Labute approximate surface area is 244 Å². The zero-order valence-corrected chi connectivity index (χ0v) is 23.6. The van der Waals surface area contributed by atoms with Crippen LogP contribution in [0.25, 0.3) is 76.5 Å². The molecule has 0 amide bonds. The third-order valence-corrected chi connectivity index (χ3v) is 9.35. The number of hydrogen-bond donors (Lipinski definition) is 0. The summed E-state index contributed by atoms with van der Waals surface area (Å²) in [7, 11) is 0. The zero-order chi connectivity index (χ0) is 27.1. The van der Waals surface area contributed by atoms with Crippen LogP contribution in [0.5, 0.6) is 0 Å². The van der Waals surface area contributed by atoms with Crippen molar-refractivity contribution >= 4 is 81.1 Å². The van der Waals surface area contributed by atoms with Gasteiger partial charge in [-0.15, -0.1) is 0 Å². The average Bonchev–Trinajstić information content (AvgIpc) is 3.53. The first-order valence-corrected chi connectivity index (χ1v) is 14.7. The second-order valence-corrected chi connectivity index (χ2v) is 11.5. The SMILES string of the molecule is Brc1c(-n2c3ccccc3c3ccccc32)cccc1-n1c2cc3ccccc3cc2c2ccc3ccccc3c21. The molecule has 41 heavy (non-hydrogen) atoms. The number of halogens is 1. The fraction of sp³-hybridized carbons (Fsp3) is 0. The Hall–Kier alpha value is -4.86. The number of nitrogens with zero attached hydrogens (tertiary/aromatic N) is 2. The van der Waals surface area contributed by atoms with Gasteiger partial charge in [0.25, 0.3) is 0 Å². The molecule has 192 valence electrons. The summed E-state index contributed by atoms with van der Waals surface area (Å²) in [6.45, 7) is 0. The van der Waals surface area contributed by atoms with Crippen molar-refractivity contribution in [1.82, 2.24) is 9.13 Å². The summed E-state index contributed by atoms with van der Waals surface area (Å²) in [5.74, 6) is 0. The largest absolute Gasteiger partial charge is 0.308 e. The predicted octanol–water partition coefficient (Wildman–Crippen LogP) is 10.9. The normalized spacial score (nSPS) is 12.0. The maximum Gasteiger partial charge on any atom is 0.0656 e. The Kier molecular flexibility index (Phi) is 4.79. The van der Waals surface area contributed by atoms with Crippen LogP contribution in [0.15, 0.2) is 144 Å². The lowest BCUT2D eigenvalue weighted by molar-refractivity contribution is 1.12. The highest BCUT2D eigenvalue weighted by molar-refractivity contribution is 9.10. The smallest absolute Gasteiger partial charge is 0.0656 e. The van der Waals surface area contributed by atoms with Gasteiger partial charge in [0.2, 0.25) is 0 Å². The van der Waals surface area contributed by atoms with E-state index in [-0.39, 0.29) is 0 Å². The van der Waals surface area contributed by atoms with Crippen LogP contribution < -0.4 is 0 Å². The quantitative estimate of drug-likeness (QED) is 0.190. The van der Waals surface area contributed by atoms with Crippen LogP contribution in [0, 0.1) is 0 Å².